The van der Waals surface area contributed by atoms with Gasteiger partial charge in [0.1, 0.15) is 0 Å². The molecule has 3 aliphatic rings. The van der Waals surface area contributed by atoms with Gasteiger partial charge < -0.3 is 0 Å². The van der Waals surface area contributed by atoms with E-state index in [9.17, 15) is 0 Å². The zero-order valence-corrected chi connectivity index (χ0v) is 22.4. The van der Waals surface area contributed by atoms with E-state index in [2.05, 4.69) is 89.3 Å². The van der Waals surface area contributed by atoms with E-state index in [1.54, 1.807) is 33.4 Å². The van der Waals surface area contributed by atoms with E-state index in [0.29, 0.717) is 11.8 Å². The molecular formula is C32H40Si. The first-order valence-electron chi connectivity index (χ1n) is 13.5. The summed E-state index contributed by atoms with van der Waals surface area (Å²) >= 11 is 0. The summed E-state index contributed by atoms with van der Waals surface area (Å²) in [6, 6.07) is 19.1. The van der Waals surface area contributed by atoms with Crippen LogP contribution >= 0.6 is 0 Å². The quantitative estimate of drug-likeness (QED) is 0.340. The van der Waals surface area contributed by atoms with Crippen LogP contribution in [-0.2, 0) is 12.8 Å². The number of fused-ring (bicyclic) bond motifs is 6. The van der Waals surface area contributed by atoms with Gasteiger partial charge in [0.2, 0.25) is 0 Å². The molecule has 33 heavy (non-hydrogen) atoms. The third-order valence-electron chi connectivity index (χ3n) is 10.4. The average Bonchev–Trinajstić information content (AvgIpc) is 3.24. The Labute approximate surface area is 201 Å². The molecule has 1 heteroatoms. The highest BCUT2D eigenvalue weighted by atomic mass is 28.3. The molecule has 6 atom stereocenters. The standard InChI is InChI=1S/C32H40Si/c1-19-21(3)31(27-17-15-23-11-7-9-13-25(23)29(19)27)33(5,6)32-22(4)20(2)30-26-14-10-8-12-24(26)16-18-28(30)32/h7,9,11,13,15-22,31-32H,8,10,12,14H2,1-6H3. The SMILES string of the molecule is CC1c2c(ccc3c2CCCC3)C([Si](C)(C)C2c3ccc4ccccc4c3C(C)C2C)C1C. The van der Waals surface area contributed by atoms with Gasteiger partial charge in [-0.15, -0.1) is 0 Å². The molecule has 0 N–H and O–H groups in total. The van der Waals surface area contributed by atoms with Crippen molar-refractivity contribution in [2.75, 3.05) is 0 Å². The summed E-state index contributed by atoms with van der Waals surface area (Å²) in [5.74, 6) is 2.81. The fraction of sp³-hybridized carbons (Fsp3) is 0.500. The molecule has 0 aromatic heterocycles. The van der Waals surface area contributed by atoms with Gasteiger partial charge in [0.15, 0.2) is 0 Å². The molecule has 0 aliphatic heterocycles. The Hall–Kier alpha value is -1.86. The number of rotatable bonds is 2. The van der Waals surface area contributed by atoms with Crippen molar-refractivity contribution >= 4 is 18.8 Å². The molecule has 0 spiro atoms. The van der Waals surface area contributed by atoms with Gasteiger partial charge in [-0.05, 0) is 105 Å². The van der Waals surface area contributed by atoms with Gasteiger partial charge in [0.05, 0.1) is 8.07 Å². The van der Waals surface area contributed by atoms with E-state index in [1.807, 2.05) is 0 Å². The molecule has 0 radical (unpaired) electrons. The fourth-order valence-corrected chi connectivity index (χ4v) is 14.6. The van der Waals surface area contributed by atoms with E-state index >= 15 is 0 Å². The maximum Gasteiger partial charge on any atom is 0.0635 e. The first kappa shape index (κ1) is 21.7. The lowest BCUT2D eigenvalue weighted by molar-refractivity contribution is 0.471. The first-order valence-corrected chi connectivity index (χ1v) is 16.6. The van der Waals surface area contributed by atoms with Gasteiger partial charge in [-0.1, -0.05) is 89.3 Å². The third kappa shape index (κ3) is 2.94. The van der Waals surface area contributed by atoms with E-state index in [0.717, 1.165) is 22.9 Å². The van der Waals surface area contributed by atoms with Gasteiger partial charge in [-0.25, -0.2) is 0 Å². The van der Waals surface area contributed by atoms with E-state index in [-0.39, 0.29) is 0 Å². The zero-order chi connectivity index (χ0) is 23.1. The van der Waals surface area contributed by atoms with Gasteiger partial charge in [-0.3, -0.25) is 0 Å². The summed E-state index contributed by atoms with van der Waals surface area (Å²) in [6.45, 7) is 15.7. The highest BCUT2D eigenvalue weighted by Crippen LogP contribution is 2.60. The third-order valence-corrected chi connectivity index (χ3v) is 15.3. The number of aryl methyl sites for hydroxylation is 1. The normalized spacial score (nSPS) is 30.8. The summed E-state index contributed by atoms with van der Waals surface area (Å²) < 4.78 is 0. The zero-order valence-electron chi connectivity index (χ0n) is 21.4. The minimum absolute atomic E-state index is 0.639. The molecule has 0 nitrogen and oxygen atoms in total. The van der Waals surface area contributed by atoms with Crippen molar-refractivity contribution < 1.29 is 0 Å². The maximum absolute atomic E-state index is 2.74. The Bertz CT molecular complexity index is 1230. The molecule has 0 amide bonds. The van der Waals surface area contributed by atoms with Crippen molar-refractivity contribution in [3.63, 3.8) is 0 Å². The maximum atomic E-state index is 2.74. The van der Waals surface area contributed by atoms with Crippen LogP contribution in [0.15, 0.2) is 48.5 Å². The lowest BCUT2D eigenvalue weighted by Crippen LogP contribution is -2.45. The Morgan fingerprint density at radius 3 is 2.03 bits per heavy atom. The monoisotopic (exact) mass is 452 g/mol. The second-order valence-electron chi connectivity index (χ2n) is 12.3. The summed E-state index contributed by atoms with van der Waals surface area (Å²) in [5, 5.41) is 2.92. The molecule has 0 saturated heterocycles. The molecule has 0 saturated carbocycles. The van der Waals surface area contributed by atoms with Crippen molar-refractivity contribution in [3.05, 3.63) is 81.9 Å². The summed E-state index contributed by atoms with van der Waals surface area (Å²) in [4.78, 5) is 0. The predicted molar refractivity (Wildman–Crippen MR) is 145 cm³/mol. The van der Waals surface area contributed by atoms with Crippen LogP contribution in [-0.4, -0.2) is 8.07 Å². The first-order chi connectivity index (χ1) is 15.8. The molecule has 0 heterocycles. The van der Waals surface area contributed by atoms with Gasteiger partial charge >= 0.3 is 0 Å². The fourth-order valence-electron chi connectivity index (χ4n) is 8.80. The number of hydrogen-bond donors (Lipinski definition) is 0. The van der Waals surface area contributed by atoms with Crippen molar-refractivity contribution in [1.29, 1.82) is 0 Å². The minimum atomic E-state index is -1.68. The van der Waals surface area contributed by atoms with E-state index in [1.165, 1.54) is 36.5 Å². The molecular weight excluding hydrogens is 412 g/mol. The molecule has 3 aromatic carbocycles. The Morgan fingerprint density at radius 1 is 0.667 bits per heavy atom. The molecule has 6 unspecified atom stereocenters. The number of hydrogen-bond acceptors (Lipinski definition) is 0. The van der Waals surface area contributed by atoms with Crippen molar-refractivity contribution in [2.24, 2.45) is 11.8 Å². The Morgan fingerprint density at radius 2 is 1.27 bits per heavy atom. The lowest BCUT2D eigenvalue weighted by atomic mass is 9.83. The second-order valence-corrected chi connectivity index (χ2v) is 17.2. The summed E-state index contributed by atoms with van der Waals surface area (Å²) in [5.41, 5.74) is 11.8. The Balaban J connectivity index is 1.50. The van der Waals surface area contributed by atoms with Crippen molar-refractivity contribution in [3.8, 4) is 0 Å². The van der Waals surface area contributed by atoms with Gasteiger partial charge in [0.25, 0.3) is 0 Å². The molecule has 172 valence electrons. The highest BCUT2D eigenvalue weighted by Gasteiger charge is 2.54. The van der Waals surface area contributed by atoms with Crippen LogP contribution in [0.5, 0.6) is 0 Å². The van der Waals surface area contributed by atoms with Crippen LogP contribution in [0.1, 0.15) is 96.8 Å². The minimum Gasteiger partial charge on any atom is -0.0684 e. The second kappa shape index (κ2) is 7.57. The molecule has 3 aromatic rings. The largest absolute Gasteiger partial charge is 0.0684 e. The predicted octanol–water partition coefficient (Wildman–Crippen LogP) is 8.88. The van der Waals surface area contributed by atoms with Crippen molar-refractivity contribution in [1.82, 2.24) is 0 Å². The Kier molecular flexibility index (Phi) is 4.97. The highest BCUT2D eigenvalue weighted by molar-refractivity contribution is 6.80. The molecule has 3 aliphatic carbocycles. The van der Waals surface area contributed by atoms with Gasteiger partial charge in [-0.2, -0.15) is 0 Å². The lowest BCUT2D eigenvalue weighted by Gasteiger charge is -2.42. The average molecular weight is 453 g/mol. The van der Waals surface area contributed by atoms with Crippen LogP contribution in [0.2, 0.25) is 13.1 Å². The van der Waals surface area contributed by atoms with Crippen molar-refractivity contribution in [2.45, 2.75) is 89.4 Å². The van der Waals surface area contributed by atoms with Crippen LogP contribution < -0.4 is 0 Å². The number of benzene rings is 3. The van der Waals surface area contributed by atoms with Gasteiger partial charge in [0, 0.05) is 0 Å². The smallest absolute Gasteiger partial charge is 0.0635 e. The summed E-state index contributed by atoms with van der Waals surface area (Å²) in [7, 11) is -1.68. The van der Waals surface area contributed by atoms with E-state index in [4.69, 9.17) is 0 Å². The van der Waals surface area contributed by atoms with Crippen LogP contribution in [0.4, 0.5) is 0 Å². The molecule has 6 rings (SSSR count). The van der Waals surface area contributed by atoms with Crippen LogP contribution in [0.3, 0.4) is 0 Å². The summed E-state index contributed by atoms with van der Waals surface area (Å²) in [6.07, 6.45) is 5.37. The topological polar surface area (TPSA) is 0 Å². The van der Waals surface area contributed by atoms with Crippen LogP contribution in [0.25, 0.3) is 10.8 Å². The van der Waals surface area contributed by atoms with Crippen LogP contribution in [0, 0.1) is 11.8 Å². The van der Waals surface area contributed by atoms with E-state index < -0.39 is 8.07 Å². The molecule has 0 bridgehead atoms. The molecule has 0 fully saturated rings.